The Balaban J connectivity index is 2.15. The van der Waals surface area contributed by atoms with Crippen molar-refractivity contribution in [2.24, 2.45) is 5.92 Å². The molecule has 0 spiro atoms. The van der Waals surface area contributed by atoms with E-state index in [1.807, 2.05) is 45.0 Å². The monoisotopic (exact) mass is 421 g/mol. The molecule has 1 amide bonds. The minimum atomic E-state index is -0.780. The molecule has 2 aromatic rings. The summed E-state index contributed by atoms with van der Waals surface area (Å²) in [6, 6.07) is 13.1. The molecule has 0 saturated carbocycles. The number of anilines is 1. The first-order chi connectivity index (χ1) is 14.8. The van der Waals surface area contributed by atoms with Crippen LogP contribution in [0.2, 0.25) is 0 Å². The van der Waals surface area contributed by atoms with Crippen LogP contribution < -0.4 is 4.90 Å². The Kier molecular flexibility index (Phi) is 6.59. The predicted molar refractivity (Wildman–Crippen MR) is 118 cm³/mol. The van der Waals surface area contributed by atoms with Crippen LogP contribution in [-0.4, -0.2) is 29.4 Å². The molecule has 0 saturated heterocycles. The van der Waals surface area contributed by atoms with Crippen LogP contribution in [0.5, 0.6) is 0 Å². The molecule has 1 unspecified atom stereocenters. The van der Waals surface area contributed by atoms with Gasteiger partial charge in [0.15, 0.2) is 11.5 Å². The fraction of sp³-hybridized carbons (Fsp3) is 0.320. The molecule has 0 aromatic heterocycles. The first kappa shape index (κ1) is 22.3. The number of nitrogens with zero attached hydrogens (tertiary/aromatic N) is 1. The van der Waals surface area contributed by atoms with Crippen molar-refractivity contribution in [3.8, 4) is 0 Å². The second-order valence-electron chi connectivity index (χ2n) is 7.99. The molecule has 0 bridgehead atoms. The summed E-state index contributed by atoms with van der Waals surface area (Å²) in [4.78, 5) is 39.8. The molecular weight excluding hydrogens is 394 g/mol. The largest absolute Gasteiger partial charge is 0.503 e. The molecule has 3 rings (SSSR count). The number of esters is 1. The van der Waals surface area contributed by atoms with Crippen LogP contribution in [0.15, 0.2) is 59.9 Å². The average molecular weight is 421 g/mol. The molecular formula is C25H27NO5. The molecule has 1 heterocycles. The summed E-state index contributed by atoms with van der Waals surface area (Å²) >= 11 is 0. The van der Waals surface area contributed by atoms with Crippen LogP contribution >= 0.6 is 0 Å². The maximum Gasteiger partial charge on any atom is 0.338 e. The molecule has 162 valence electrons. The highest BCUT2D eigenvalue weighted by Gasteiger charge is 2.44. The first-order valence-corrected chi connectivity index (χ1v) is 10.4. The summed E-state index contributed by atoms with van der Waals surface area (Å²) in [6.45, 7) is 7.67. The van der Waals surface area contributed by atoms with Crippen LogP contribution in [0.3, 0.4) is 0 Å². The number of carbonyl (C=O) groups excluding carboxylic acids is 3. The van der Waals surface area contributed by atoms with Gasteiger partial charge in [0.25, 0.3) is 5.91 Å². The molecule has 1 atom stereocenters. The first-order valence-electron chi connectivity index (χ1n) is 10.4. The highest BCUT2D eigenvalue weighted by Crippen LogP contribution is 2.42. The van der Waals surface area contributed by atoms with Gasteiger partial charge in [-0.15, -0.1) is 0 Å². The lowest BCUT2D eigenvalue weighted by molar-refractivity contribution is -0.118. The zero-order valence-electron chi connectivity index (χ0n) is 18.2. The standard InChI is InChI=1S/C25H27NO5/c1-5-31-25(30)17-10-8-11-18(14-17)26-22(19-12-7-6-9-16(19)4)21(23(28)24(26)29)20(27)13-15(2)3/h6-12,14-15,22,28H,5,13H2,1-4H3. The lowest BCUT2D eigenvalue weighted by atomic mass is 9.90. The third kappa shape index (κ3) is 4.38. The van der Waals surface area contributed by atoms with E-state index >= 15 is 0 Å². The number of carbonyl (C=O) groups is 3. The third-order valence-corrected chi connectivity index (χ3v) is 5.22. The number of aliphatic hydroxyl groups is 1. The summed E-state index contributed by atoms with van der Waals surface area (Å²) in [5.41, 5.74) is 2.42. The van der Waals surface area contributed by atoms with E-state index in [2.05, 4.69) is 0 Å². The Labute approximate surface area is 182 Å². The summed E-state index contributed by atoms with van der Waals surface area (Å²) in [5.74, 6) is -1.90. The Morgan fingerprint density at radius 1 is 1.13 bits per heavy atom. The number of hydrogen-bond acceptors (Lipinski definition) is 5. The molecule has 1 aliphatic rings. The van der Waals surface area contributed by atoms with Crippen molar-refractivity contribution < 1.29 is 24.2 Å². The van der Waals surface area contributed by atoms with Gasteiger partial charge in [0, 0.05) is 12.1 Å². The van der Waals surface area contributed by atoms with Crippen LogP contribution in [0.4, 0.5) is 5.69 Å². The van der Waals surface area contributed by atoms with Crippen molar-refractivity contribution in [2.75, 3.05) is 11.5 Å². The number of ether oxygens (including phenoxy) is 1. The van der Waals surface area contributed by atoms with Gasteiger partial charge >= 0.3 is 5.97 Å². The van der Waals surface area contributed by atoms with E-state index in [1.165, 1.54) is 4.90 Å². The molecule has 2 aromatic carbocycles. The van der Waals surface area contributed by atoms with Crippen molar-refractivity contribution in [1.29, 1.82) is 0 Å². The van der Waals surface area contributed by atoms with Gasteiger partial charge in [-0.3, -0.25) is 14.5 Å². The number of ketones is 1. The van der Waals surface area contributed by atoms with E-state index in [0.717, 1.165) is 11.1 Å². The van der Waals surface area contributed by atoms with Crippen LogP contribution in [0.1, 0.15) is 54.7 Å². The smallest absolute Gasteiger partial charge is 0.338 e. The minimum absolute atomic E-state index is 0.0709. The molecule has 31 heavy (non-hydrogen) atoms. The Morgan fingerprint density at radius 3 is 2.48 bits per heavy atom. The van der Waals surface area contributed by atoms with E-state index < -0.39 is 23.7 Å². The predicted octanol–water partition coefficient (Wildman–Crippen LogP) is 4.69. The lowest BCUT2D eigenvalue weighted by Crippen LogP contribution is -2.31. The molecule has 0 fully saturated rings. The van der Waals surface area contributed by atoms with Gasteiger partial charge in [-0.1, -0.05) is 44.2 Å². The molecule has 0 radical (unpaired) electrons. The molecule has 6 nitrogen and oxygen atoms in total. The fourth-order valence-electron chi connectivity index (χ4n) is 3.82. The Hall–Kier alpha value is -3.41. The Bertz CT molecular complexity index is 1050. The number of aliphatic hydroxyl groups excluding tert-OH is 1. The molecule has 6 heteroatoms. The van der Waals surface area contributed by atoms with E-state index in [0.29, 0.717) is 5.69 Å². The zero-order valence-corrected chi connectivity index (χ0v) is 18.2. The summed E-state index contributed by atoms with van der Waals surface area (Å²) in [7, 11) is 0. The highest BCUT2D eigenvalue weighted by atomic mass is 16.5. The van der Waals surface area contributed by atoms with Gasteiger partial charge in [0.2, 0.25) is 0 Å². The molecule has 0 aliphatic carbocycles. The van der Waals surface area contributed by atoms with E-state index in [9.17, 15) is 19.5 Å². The molecule has 1 N–H and O–H groups in total. The number of aryl methyl sites for hydroxylation is 1. The van der Waals surface area contributed by atoms with Crippen molar-refractivity contribution in [1.82, 2.24) is 0 Å². The minimum Gasteiger partial charge on any atom is -0.503 e. The van der Waals surface area contributed by atoms with E-state index in [-0.39, 0.29) is 35.9 Å². The van der Waals surface area contributed by atoms with E-state index in [4.69, 9.17) is 4.74 Å². The highest BCUT2D eigenvalue weighted by molar-refractivity contribution is 6.16. The maximum atomic E-state index is 13.2. The van der Waals surface area contributed by atoms with Gasteiger partial charge in [0.05, 0.1) is 23.8 Å². The van der Waals surface area contributed by atoms with Gasteiger partial charge in [-0.2, -0.15) is 0 Å². The second-order valence-corrected chi connectivity index (χ2v) is 7.99. The number of rotatable bonds is 7. The number of amides is 1. The van der Waals surface area contributed by atoms with Crippen molar-refractivity contribution in [2.45, 2.75) is 40.2 Å². The zero-order chi connectivity index (χ0) is 22.7. The van der Waals surface area contributed by atoms with E-state index in [1.54, 1.807) is 31.2 Å². The normalized spacial score (nSPS) is 16.2. The van der Waals surface area contributed by atoms with Crippen LogP contribution in [0.25, 0.3) is 0 Å². The summed E-state index contributed by atoms with van der Waals surface area (Å²) < 4.78 is 5.07. The SMILES string of the molecule is CCOC(=O)c1cccc(N2C(=O)C(O)=C(C(=O)CC(C)C)C2c2ccccc2C)c1. The number of benzene rings is 2. The number of Topliss-reactive ketones (excluding diaryl/α,β-unsaturated/α-hetero) is 1. The Morgan fingerprint density at radius 2 is 1.84 bits per heavy atom. The van der Waals surface area contributed by atoms with Crippen LogP contribution in [0, 0.1) is 12.8 Å². The summed E-state index contributed by atoms with van der Waals surface area (Å²) in [5, 5.41) is 10.7. The van der Waals surface area contributed by atoms with Gasteiger partial charge in [-0.05, 0) is 49.1 Å². The van der Waals surface area contributed by atoms with Crippen LogP contribution in [-0.2, 0) is 14.3 Å². The van der Waals surface area contributed by atoms with Gasteiger partial charge in [-0.25, -0.2) is 4.79 Å². The quantitative estimate of drug-likeness (QED) is 0.656. The van der Waals surface area contributed by atoms with Crippen molar-refractivity contribution in [3.05, 3.63) is 76.6 Å². The number of hydrogen-bond donors (Lipinski definition) is 1. The average Bonchev–Trinajstić information content (AvgIpc) is 2.99. The summed E-state index contributed by atoms with van der Waals surface area (Å²) in [6.07, 6.45) is 0.214. The van der Waals surface area contributed by atoms with Gasteiger partial charge < -0.3 is 9.84 Å². The van der Waals surface area contributed by atoms with Gasteiger partial charge in [0.1, 0.15) is 0 Å². The van der Waals surface area contributed by atoms with Crippen molar-refractivity contribution >= 4 is 23.3 Å². The third-order valence-electron chi connectivity index (χ3n) is 5.22. The molecule has 1 aliphatic heterocycles. The maximum absolute atomic E-state index is 13.2. The topological polar surface area (TPSA) is 83.9 Å². The lowest BCUT2D eigenvalue weighted by Gasteiger charge is -2.28. The van der Waals surface area contributed by atoms with Crippen molar-refractivity contribution in [3.63, 3.8) is 0 Å². The fourth-order valence-corrected chi connectivity index (χ4v) is 3.82. The second kappa shape index (κ2) is 9.16.